The van der Waals surface area contributed by atoms with E-state index in [1.54, 1.807) is 0 Å². The van der Waals surface area contributed by atoms with Gasteiger partial charge in [-0.1, -0.05) is 12.8 Å². The van der Waals surface area contributed by atoms with Gasteiger partial charge >= 0.3 is 0 Å². The molecule has 0 bridgehead atoms. The molecule has 82 valence electrons. The van der Waals surface area contributed by atoms with Gasteiger partial charge in [-0.2, -0.15) is 0 Å². The smallest absolute Gasteiger partial charge is 0.126 e. The summed E-state index contributed by atoms with van der Waals surface area (Å²) in [6.45, 7) is 2.08. The minimum absolute atomic E-state index is 0.0857. The van der Waals surface area contributed by atoms with Crippen LogP contribution < -0.4 is 5.32 Å². The van der Waals surface area contributed by atoms with Crippen LogP contribution in [0.5, 0.6) is 0 Å². The molecule has 2 rings (SSSR count). The van der Waals surface area contributed by atoms with Crippen LogP contribution in [0.4, 0.5) is 5.82 Å². The Hall–Kier alpha value is -0.760. The van der Waals surface area contributed by atoms with Crippen molar-refractivity contribution in [1.82, 2.24) is 4.98 Å². The molecular weight excluding hydrogens is 208 g/mol. The highest BCUT2D eigenvalue weighted by atomic mass is 35.5. The Morgan fingerprint density at radius 3 is 2.80 bits per heavy atom. The zero-order valence-corrected chi connectivity index (χ0v) is 9.85. The Balaban J connectivity index is 2.12. The molecule has 0 aromatic carbocycles. The quantitative estimate of drug-likeness (QED) is 0.797. The van der Waals surface area contributed by atoms with Crippen molar-refractivity contribution in [1.29, 1.82) is 0 Å². The summed E-state index contributed by atoms with van der Waals surface area (Å²) in [6.07, 6.45) is 6.70. The van der Waals surface area contributed by atoms with Crippen LogP contribution in [0.3, 0.4) is 0 Å². The second kappa shape index (κ2) is 4.40. The van der Waals surface area contributed by atoms with E-state index in [-0.39, 0.29) is 5.54 Å². The van der Waals surface area contributed by atoms with E-state index in [1.807, 2.05) is 12.3 Å². The van der Waals surface area contributed by atoms with Crippen LogP contribution in [0.1, 0.15) is 31.2 Å². The van der Waals surface area contributed by atoms with Crippen molar-refractivity contribution in [3.05, 3.63) is 23.9 Å². The highest BCUT2D eigenvalue weighted by Crippen LogP contribution is 2.33. The van der Waals surface area contributed by atoms with Crippen molar-refractivity contribution in [2.75, 3.05) is 11.2 Å². The second-order valence-electron chi connectivity index (χ2n) is 4.46. The molecule has 0 saturated heterocycles. The first-order valence-electron chi connectivity index (χ1n) is 5.51. The molecule has 1 aliphatic rings. The highest BCUT2D eigenvalue weighted by molar-refractivity contribution is 6.18. The predicted molar refractivity (Wildman–Crippen MR) is 64.5 cm³/mol. The number of pyridine rings is 1. The molecule has 0 unspecified atom stereocenters. The predicted octanol–water partition coefficient (Wildman–Crippen LogP) is 3.35. The van der Waals surface area contributed by atoms with Gasteiger partial charge < -0.3 is 5.32 Å². The lowest BCUT2D eigenvalue weighted by atomic mass is 10.0. The molecule has 1 saturated carbocycles. The van der Waals surface area contributed by atoms with Crippen molar-refractivity contribution < 1.29 is 0 Å². The van der Waals surface area contributed by atoms with Crippen molar-refractivity contribution in [2.24, 2.45) is 0 Å². The maximum absolute atomic E-state index is 6.06. The molecule has 1 aliphatic carbocycles. The summed E-state index contributed by atoms with van der Waals surface area (Å²) in [7, 11) is 0. The van der Waals surface area contributed by atoms with Crippen LogP contribution in [0.15, 0.2) is 18.3 Å². The second-order valence-corrected chi connectivity index (χ2v) is 4.73. The van der Waals surface area contributed by atoms with Crippen LogP contribution in [0, 0.1) is 6.92 Å². The van der Waals surface area contributed by atoms with E-state index < -0.39 is 0 Å². The molecule has 3 heteroatoms. The van der Waals surface area contributed by atoms with Crippen LogP contribution in [-0.2, 0) is 0 Å². The number of nitrogens with one attached hydrogen (secondary N) is 1. The summed E-state index contributed by atoms with van der Waals surface area (Å²) in [5.41, 5.74) is 1.32. The number of anilines is 1. The topological polar surface area (TPSA) is 24.9 Å². The number of nitrogens with zero attached hydrogens (tertiary/aromatic N) is 1. The average Bonchev–Trinajstić information content (AvgIpc) is 2.67. The normalized spacial score (nSPS) is 19.1. The third-order valence-electron chi connectivity index (χ3n) is 3.13. The Labute approximate surface area is 96.1 Å². The lowest BCUT2D eigenvalue weighted by molar-refractivity contribution is 0.537. The van der Waals surface area contributed by atoms with E-state index in [2.05, 4.69) is 23.3 Å². The molecule has 0 radical (unpaired) electrons. The van der Waals surface area contributed by atoms with Gasteiger partial charge in [0.15, 0.2) is 0 Å². The highest BCUT2D eigenvalue weighted by Gasteiger charge is 2.32. The lowest BCUT2D eigenvalue weighted by Gasteiger charge is -2.28. The van der Waals surface area contributed by atoms with E-state index >= 15 is 0 Å². The number of alkyl halides is 1. The molecule has 0 spiro atoms. The van der Waals surface area contributed by atoms with Gasteiger partial charge in [0, 0.05) is 12.1 Å². The summed E-state index contributed by atoms with van der Waals surface area (Å²) >= 11 is 6.06. The fourth-order valence-corrected chi connectivity index (χ4v) is 2.55. The molecule has 1 heterocycles. The van der Waals surface area contributed by atoms with E-state index in [4.69, 9.17) is 11.6 Å². The molecular formula is C12H17ClN2. The number of hydrogen-bond acceptors (Lipinski definition) is 2. The zero-order valence-electron chi connectivity index (χ0n) is 9.09. The molecule has 0 amide bonds. The number of aryl methyl sites for hydroxylation is 1. The molecule has 0 atom stereocenters. The molecule has 2 nitrogen and oxygen atoms in total. The monoisotopic (exact) mass is 224 g/mol. The van der Waals surface area contributed by atoms with E-state index in [1.165, 1.54) is 18.4 Å². The standard InChI is InChI=1S/C12H17ClN2/c1-10-4-7-14-11(8-10)15-12(9-13)5-2-3-6-12/h4,7-8H,2-3,5-6,9H2,1H3,(H,14,15). The van der Waals surface area contributed by atoms with Crippen molar-refractivity contribution >= 4 is 17.4 Å². The fourth-order valence-electron chi connectivity index (χ4n) is 2.22. The molecule has 1 aromatic heterocycles. The maximum atomic E-state index is 6.06. The minimum atomic E-state index is 0.0857. The van der Waals surface area contributed by atoms with Gasteiger partial charge in [0.25, 0.3) is 0 Å². The van der Waals surface area contributed by atoms with Crippen molar-refractivity contribution in [2.45, 2.75) is 38.1 Å². The summed E-state index contributed by atoms with van der Waals surface area (Å²) in [5, 5.41) is 3.50. The number of hydrogen-bond donors (Lipinski definition) is 1. The van der Waals surface area contributed by atoms with Gasteiger partial charge in [-0.05, 0) is 37.5 Å². The third kappa shape index (κ3) is 2.43. The molecule has 1 N–H and O–H groups in total. The number of halogens is 1. The SMILES string of the molecule is Cc1ccnc(NC2(CCl)CCCC2)c1. The van der Waals surface area contributed by atoms with Crippen molar-refractivity contribution in [3.8, 4) is 0 Å². The Morgan fingerprint density at radius 2 is 2.20 bits per heavy atom. The lowest BCUT2D eigenvalue weighted by Crippen LogP contribution is -2.37. The van der Waals surface area contributed by atoms with Gasteiger partial charge in [-0.3, -0.25) is 0 Å². The molecule has 1 fully saturated rings. The average molecular weight is 225 g/mol. The largest absolute Gasteiger partial charge is 0.363 e. The van der Waals surface area contributed by atoms with E-state index in [0.29, 0.717) is 5.88 Å². The van der Waals surface area contributed by atoms with Crippen LogP contribution in [-0.4, -0.2) is 16.4 Å². The van der Waals surface area contributed by atoms with Gasteiger partial charge in [0.2, 0.25) is 0 Å². The fraction of sp³-hybridized carbons (Fsp3) is 0.583. The Bertz CT molecular complexity index is 332. The first-order chi connectivity index (χ1) is 7.24. The first-order valence-corrected chi connectivity index (χ1v) is 6.04. The molecule has 15 heavy (non-hydrogen) atoms. The first kappa shape index (κ1) is 10.7. The van der Waals surface area contributed by atoms with Gasteiger partial charge in [-0.25, -0.2) is 4.98 Å². The summed E-state index contributed by atoms with van der Waals surface area (Å²) in [5.74, 6) is 1.63. The zero-order chi connectivity index (χ0) is 10.7. The molecule has 0 aliphatic heterocycles. The summed E-state index contributed by atoms with van der Waals surface area (Å²) in [6, 6.07) is 4.08. The van der Waals surface area contributed by atoms with Crippen LogP contribution in [0.25, 0.3) is 0 Å². The third-order valence-corrected chi connectivity index (χ3v) is 3.64. The molecule has 1 aromatic rings. The minimum Gasteiger partial charge on any atom is -0.363 e. The summed E-state index contributed by atoms with van der Waals surface area (Å²) < 4.78 is 0. The van der Waals surface area contributed by atoms with Gasteiger partial charge in [0.05, 0.1) is 5.54 Å². The van der Waals surface area contributed by atoms with Gasteiger partial charge in [-0.15, -0.1) is 11.6 Å². The maximum Gasteiger partial charge on any atom is 0.126 e. The Kier molecular flexibility index (Phi) is 3.15. The van der Waals surface area contributed by atoms with Crippen molar-refractivity contribution in [3.63, 3.8) is 0 Å². The Morgan fingerprint density at radius 1 is 1.47 bits per heavy atom. The van der Waals surface area contributed by atoms with Gasteiger partial charge in [0.1, 0.15) is 5.82 Å². The van der Waals surface area contributed by atoms with Crippen LogP contribution >= 0.6 is 11.6 Å². The number of rotatable bonds is 3. The van der Waals surface area contributed by atoms with E-state index in [0.717, 1.165) is 18.7 Å². The van der Waals surface area contributed by atoms with Crippen LogP contribution in [0.2, 0.25) is 0 Å². The summed E-state index contributed by atoms with van der Waals surface area (Å²) in [4.78, 5) is 4.33. The number of aromatic nitrogens is 1. The van der Waals surface area contributed by atoms with E-state index in [9.17, 15) is 0 Å².